The lowest BCUT2D eigenvalue weighted by molar-refractivity contribution is 0.101. The molecule has 0 bridgehead atoms. The molecule has 2 nitrogen and oxygen atoms in total. The Balaban J connectivity index is 2.61. The molecule has 17 heavy (non-hydrogen) atoms. The van der Waals surface area contributed by atoms with Gasteiger partial charge in [0.15, 0.2) is 5.78 Å². The summed E-state index contributed by atoms with van der Waals surface area (Å²) in [5.41, 5.74) is 3.05. The Bertz CT molecular complexity index is 608. The summed E-state index contributed by atoms with van der Waals surface area (Å²) >= 11 is 0. The number of benzene rings is 2. The summed E-state index contributed by atoms with van der Waals surface area (Å²) in [6.07, 6.45) is 0. The highest BCUT2D eigenvalue weighted by molar-refractivity contribution is 6.00. The fraction of sp³-hybridized carbons (Fsp3) is 0.0667. The van der Waals surface area contributed by atoms with Crippen LogP contribution < -0.4 is 0 Å². The molecule has 0 N–H and O–H groups in total. The van der Waals surface area contributed by atoms with Crippen LogP contribution in [0.1, 0.15) is 22.8 Å². The van der Waals surface area contributed by atoms with E-state index in [0.717, 1.165) is 11.1 Å². The molecule has 0 aliphatic heterocycles. The molecule has 0 saturated carbocycles. The average molecular weight is 221 g/mol. The van der Waals surface area contributed by atoms with E-state index in [1.165, 1.54) is 0 Å². The van der Waals surface area contributed by atoms with E-state index in [-0.39, 0.29) is 5.78 Å². The topological polar surface area (TPSA) is 40.9 Å². The van der Waals surface area contributed by atoms with E-state index in [1.807, 2.05) is 30.3 Å². The van der Waals surface area contributed by atoms with Crippen LogP contribution in [0.5, 0.6) is 0 Å². The zero-order valence-corrected chi connectivity index (χ0v) is 9.47. The Morgan fingerprint density at radius 3 is 2.59 bits per heavy atom. The number of carbonyl (C=O) groups excluding carboxylic acids is 1. The molecule has 0 aromatic heterocycles. The van der Waals surface area contributed by atoms with Gasteiger partial charge in [-0.3, -0.25) is 4.79 Å². The van der Waals surface area contributed by atoms with Crippen molar-refractivity contribution in [3.63, 3.8) is 0 Å². The lowest BCUT2D eigenvalue weighted by Gasteiger charge is -2.06. The minimum Gasteiger partial charge on any atom is -0.294 e. The molecule has 0 radical (unpaired) electrons. The predicted octanol–water partition coefficient (Wildman–Crippen LogP) is 3.43. The number of nitriles is 1. The van der Waals surface area contributed by atoms with Gasteiger partial charge in [0.2, 0.25) is 0 Å². The van der Waals surface area contributed by atoms with Gasteiger partial charge in [-0.1, -0.05) is 36.4 Å². The zero-order chi connectivity index (χ0) is 12.3. The smallest absolute Gasteiger partial charge is 0.160 e. The van der Waals surface area contributed by atoms with Crippen LogP contribution in [0.15, 0.2) is 48.5 Å². The van der Waals surface area contributed by atoms with E-state index in [9.17, 15) is 4.79 Å². The van der Waals surface area contributed by atoms with E-state index in [2.05, 4.69) is 6.07 Å². The Hall–Kier alpha value is -2.40. The molecular weight excluding hydrogens is 210 g/mol. The maximum absolute atomic E-state index is 11.5. The van der Waals surface area contributed by atoms with Crippen LogP contribution in [0.25, 0.3) is 11.1 Å². The molecule has 0 amide bonds. The predicted molar refractivity (Wildman–Crippen MR) is 66.6 cm³/mol. The number of hydrogen-bond donors (Lipinski definition) is 0. The van der Waals surface area contributed by atoms with Crippen LogP contribution in [0.3, 0.4) is 0 Å². The minimum atomic E-state index is 0.0305. The molecule has 0 spiro atoms. The van der Waals surface area contributed by atoms with Gasteiger partial charge in [0, 0.05) is 5.56 Å². The lowest BCUT2D eigenvalue weighted by atomic mass is 9.96. The molecule has 0 aliphatic carbocycles. The van der Waals surface area contributed by atoms with Crippen LogP contribution in [0, 0.1) is 11.3 Å². The van der Waals surface area contributed by atoms with Crippen molar-refractivity contribution in [1.82, 2.24) is 0 Å². The third-order valence-corrected chi connectivity index (χ3v) is 2.61. The Morgan fingerprint density at radius 1 is 1.12 bits per heavy atom. The molecule has 2 aromatic carbocycles. The van der Waals surface area contributed by atoms with Crippen molar-refractivity contribution in [2.24, 2.45) is 0 Å². The van der Waals surface area contributed by atoms with Crippen LogP contribution >= 0.6 is 0 Å². The van der Waals surface area contributed by atoms with Crippen molar-refractivity contribution in [3.8, 4) is 17.2 Å². The molecule has 0 unspecified atom stereocenters. The first-order valence-electron chi connectivity index (χ1n) is 5.33. The maximum Gasteiger partial charge on any atom is 0.160 e. The second-order valence-electron chi connectivity index (χ2n) is 3.79. The molecule has 2 rings (SSSR count). The number of rotatable bonds is 2. The first-order chi connectivity index (χ1) is 8.22. The summed E-state index contributed by atoms with van der Waals surface area (Å²) in [7, 11) is 0. The Morgan fingerprint density at radius 2 is 1.88 bits per heavy atom. The van der Waals surface area contributed by atoms with Crippen molar-refractivity contribution in [3.05, 3.63) is 59.7 Å². The van der Waals surface area contributed by atoms with Crippen molar-refractivity contribution in [2.75, 3.05) is 0 Å². The fourth-order valence-corrected chi connectivity index (χ4v) is 1.80. The summed E-state index contributed by atoms with van der Waals surface area (Å²) in [6, 6.07) is 16.8. The van der Waals surface area contributed by atoms with Crippen LogP contribution in [0.2, 0.25) is 0 Å². The maximum atomic E-state index is 11.5. The molecular formula is C15H11NO. The Kier molecular flexibility index (Phi) is 3.02. The van der Waals surface area contributed by atoms with Crippen molar-refractivity contribution in [2.45, 2.75) is 6.92 Å². The van der Waals surface area contributed by atoms with Crippen LogP contribution in [-0.4, -0.2) is 5.78 Å². The van der Waals surface area contributed by atoms with Gasteiger partial charge in [-0.05, 0) is 30.2 Å². The van der Waals surface area contributed by atoms with E-state index in [1.54, 1.807) is 25.1 Å². The quantitative estimate of drug-likeness (QED) is 0.729. The van der Waals surface area contributed by atoms with Gasteiger partial charge in [0.25, 0.3) is 0 Å². The third-order valence-electron chi connectivity index (χ3n) is 2.61. The molecule has 0 fully saturated rings. The summed E-state index contributed by atoms with van der Waals surface area (Å²) in [5, 5.41) is 8.87. The standard InChI is InChI=1S/C15H11NO/c1-11(17)14-7-2-3-8-15(14)13-6-4-5-12(9-13)10-16/h2-9H,1H3. The molecule has 82 valence electrons. The minimum absolute atomic E-state index is 0.0305. The highest BCUT2D eigenvalue weighted by atomic mass is 16.1. The summed E-state index contributed by atoms with van der Waals surface area (Å²) in [4.78, 5) is 11.5. The number of ketones is 1. The lowest BCUT2D eigenvalue weighted by Crippen LogP contribution is -1.95. The van der Waals surface area contributed by atoms with Gasteiger partial charge in [-0.2, -0.15) is 5.26 Å². The van der Waals surface area contributed by atoms with Gasteiger partial charge in [0.1, 0.15) is 0 Å². The van der Waals surface area contributed by atoms with E-state index >= 15 is 0 Å². The number of carbonyl (C=O) groups is 1. The summed E-state index contributed by atoms with van der Waals surface area (Å²) in [6.45, 7) is 1.55. The zero-order valence-electron chi connectivity index (χ0n) is 9.47. The molecule has 2 heteroatoms. The normalized spacial score (nSPS) is 9.65. The van der Waals surface area contributed by atoms with Gasteiger partial charge in [0.05, 0.1) is 11.6 Å². The molecule has 0 saturated heterocycles. The van der Waals surface area contributed by atoms with Crippen molar-refractivity contribution in [1.29, 1.82) is 5.26 Å². The summed E-state index contributed by atoms with van der Waals surface area (Å²) < 4.78 is 0. The molecule has 0 aliphatic rings. The SMILES string of the molecule is CC(=O)c1ccccc1-c1cccc(C#N)c1. The first-order valence-corrected chi connectivity index (χ1v) is 5.33. The Labute approximate surface area is 100 Å². The van der Waals surface area contributed by atoms with Crippen LogP contribution in [-0.2, 0) is 0 Å². The number of hydrogen-bond acceptors (Lipinski definition) is 2. The monoisotopic (exact) mass is 221 g/mol. The van der Waals surface area contributed by atoms with Crippen LogP contribution in [0.4, 0.5) is 0 Å². The molecule has 2 aromatic rings. The largest absolute Gasteiger partial charge is 0.294 e. The van der Waals surface area contributed by atoms with Gasteiger partial charge in [-0.25, -0.2) is 0 Å². The van der Waals surface area contributed by atoms with E-state index in [4.69, 9.17) is 5.26 Å². The molecule has 0 atom stereocenters. The average Bonchev–Trinajstić information content (AvgIpc) is 2.39. The highest BCUT2D eigenvalue weighted by Crippen LogP contribution is 2.24. The second kappa shape index (κ2) is 4.63. The number of Topliss-reactive ketones (excluding diaryl/α,β-unsaturated/α-hetero) is 1. The van der Waals surface area contributed by atoms with Crippen molar-refractivity contribution >= 4 is 5.78 Å². The van der Waals surface area contributed by atoms with Gasteiger partial charge in [-0.15, -0.1) is 0 Å². The highest BCUT2D eigenvalue weighted by Gasteiger charge is 2.08. The fourth-order valence-electron chi connectivity index (χ4n) is 1.80. The van der Waals surface area contributed by atoms with Gasteiger partial charge >= 0.3 is 0 Å². The molecule has 0 heterocycles. The first kappa shape index (κ1) is 11.1. The van der Waals surface area contributed by atoms with Crippen molar-refractivity contribution < 1.29 is 4.79 Å². The second-order valence-corrected chi connectivity index (χ2v) is 3.79. The summed E-state index contributed by atoms with van der Waals surface area (Å²) in [5.74, 6) is 0.0305. The third kappa shape index (κ3) is 2.24. The van der Waals surface area contributed by atoms with E-state index < -0.39 is 0 Å². The van der Waals surface area contributed by atoms with Gasteiger partial charge < -0.3 is 0 Å². The van der Waals surface area contributed by atoms with E-state index in [0.29, 0.717) is 11.1 Å². The number of nitrogens with zero attached hydrogens (tertiary/aromatic N) is 1.